The Hall–Kier alpha value is -1.27. The van der Waals surface area contributed by atoms with E-state index in [1.54, 1.807) is 0 Å². The van der Waals surface area contributed by atoms with Crippen LogP contribution < -0.4 is 0 Å². The van der Waals surface area contributed by atoms with Crippen LogP contribution in [0.5, 0.6) is 0 Å². The lowest BCUT2D eigenvalue weighted by molar-refractivity contribution is 1.12. The molecule has 2 rings (SSSR count). The molecule has 0 saturated heterocycles. The zero-order valence-corrected chi connectivity index (χ0v) is 12.2. The van der Waals surface area contributed by atoms with E-state index in [0.29, 0.717) is 0 Å². The average molecular weight is 261 g/mol. The van der Waals surface area contributed by atoms with Gasteiger partial charge in [-0.25, -0.2) is 0 Å². The molecule has 0 saturated carbocycles. The number of hydrogen-bond acceptors (Lipinski definition) is 0. The van der Waals surface area contributed by atoms with Crippen LogP contribution in [0, 0.1) is 0 Å². The average Bonchev–Trinajstić information content (AvgIpc) is 2.44. The van der Waals surface area contributed by atoms with Crippen LogP contribution in [0.15, 0.2) is 48.5 Å². The predicted molar refractivity (Wildman–Crippen MR) is 81.4 cm³/mol. The number of halogens is 1. The molecule has 0 fully saturated rings. The maximum absolute atomic E-state index is 6.26. The Balaban J connectivity index is 0.000000771. The molecular weight excluding hydrogens is 240 g/mol. The lowest BCUT2D eigenvalue weighted by Gasteiger charge is -2.06. The van der Waals surface area contributed by atoms with Crippen LogP contribution in [0.4, 0.5) is 0 Å². The second-order valence-corrected chi connectivity index (χ2v) is 4.35. The minimum atomic E-state index is 0.878. The van der Waals surface area contributed by atoms with Crippen molar-refractivity contribution >= 4 is 11.6 Å². The Labute approximate surface area is 116 Å². The molecule has 0 radical (unpaired) electrons. The summed E-state index contributed by atoms with van der Waals surface area (Å²) in [5.74, 6) is 0. The smallest absolute Gasteiger partial charge is 0.0444 e. The van der Waals surface area contributed by atoms with Crippen LogP contribution in [0.25, 0.3) is 0 Å². The standard InChI is InChI=1S/C15H15Cl.C2H6/c1-2-12-8-9-14(15(16)11-12)10-13-6-4-3-5-7-13;1-2/h3-9,11H,2,10H2,1H3;1-2H3. The summed E-state index contributed by atoms with van der Waals surface area (Å²) in [7, 11) is 0. The normalized spacial score (nSPS) is 9.56. The molecule has 0 aliphatic carbocycles. The second kappa shape index (κ2) is 7.94. The maximum Gasteiger partial charge on any atom is 0.0444 e. The number of benzene rings is 2. The lowest BCUT2D eigenvalue weighted by Crippen LogP contribution is -1.90. The van der Waals surface area contributed by atoms with Gasteiger partial charge in [-0.15, -0.1) is 0 Å². The van der Waals surface area contributed by atoms with Crippen molar-refractivity contribution in [3.63, 3.8) is 0 Å². The quantitative estimate of drug-likeness (QED) is 0.682. The molecule has 0 bridgehead atoms. The molecular formula is C17H21Cl. The van der Waals surface area contributed by atoms with Gasteiger partial charge in [-0.05, 0) is 35.6 Å². The first-order chi connectivity index (χ1) is 8.79. The molecule has 96 valence electrons. The fourth-order valence-corrected chi connectivity index (χ4v) is 2.04. The van der Waals surface area contributed by atoms with Crippen LogP contribution in [0.2, 0.25) is 5.02 Å². The Bertz CT molecular complexity index is 460. The molecule has 0 nitrogen and oxygen atoms in total. The first kappa shape index (κ1) is 14.8. The highest BCUT2D eigenvalue weighted by Crippen LogP contribution is 2.21. The molecule has 2 aromatic carbocycles. The molecule has 0 aliphatic heterocycles. The van der Waals surface area contributed by atoms with E-state index >= 15 is 0 Å². The Morgan fingerprint density at radius 1 is 0.889 bits per heavy atom. The van der Waals surface area contributed by atoms with Crippen LogP contribution in [0.3, 0.4) is 0 Å². The van der Waals surface area contributed by atoms with E-state index in [9.17, 15) is 0 Å². The molecule has 0 heterocycles. The third-order valence-electron chi connectivity index (χ3n) is 2.76. The van der Waals surface area contributed by atoms with Crippen LogP contribution >= 0.6 is 11.6 Å². The Morgan fingerprint density at radius 3 is 2.11 bits per heavy atom. The van der Waals surface area contributed by atoms with Crippen molar-refractivity contribution in [1.82, 2.24) is 0 Å². The van der Waals surface area contributed by atoms with Crippen molar-refractivity contribution < 1.29 is 0 Å². The van der Waals surface area contributed by atoms with Gasteiger partial charge in [-0.2, -0.15) is 0 Å². The van der Waals surface area contributed by atoms with Crippen molar-refractivity contribution in [2.24, 2.45) is 0 Å². The number of rotatable bonds is 3. The SMILES string of the molecule is CC.CCc1ccc(Cc2ccccc2)c(Cl)c1. The van der Waals surface area contributed by atoms with Gasteiger partial charge in [0.2, 0.25) is 0 Å². The van der Waals surface area contributed by atoms with Crippen molar-refractivity contribution in [2.45, 2.75) is 33.6 Å². The monoisotopic (exact) mass is 260 g/mol. The van der Waals surface area contributed by atoms with Gasteiger partial charge in [-0.3, -0.25) is 0 Å². The summed E-state index contributed by atoms with van der Waals surface area (Å²) in [6.07, 6.45) is 1.94. The lowest BCUT2D eigenvalue weighted by atomic mass is 10.0. The van der Waals surface area contributed by atoms with E-state index in [1.165, 1.54) is 16.7 Å². The predicted octanol–water partition coefficient (Wildman–Crippen LogP) is 5.52. The zero-order valence-electron chi connectivity index (χ0n) is 11.4. The second-order valence-electron chi connectivity index (χ2n) is 3.94. The summed E-state index contributed by atoms with van der Waals surface area (Å²) in [4.78, 5) is 0. The van der Waals surface area contributed by atoms with Gasteiger partial charge in [-0.1, -0.05) is 74.8 Å². The van der Waals surface area contributed by atoms with E-state index < -0.39 is 0 Å². The summed E-state index contributed by atoms with van der Waals surface area (Å²) in [6, 6.07) is 16.8. The molecule has 0 amide bonds. The highest BCUT2D eigenvalue weighted by molar-refractivity contribution is 6.31. The topological polar surface area (TPSA) is 0 Å². The fraction of sp³-hybridized carbons (Fsp3) is 0.294. The maximum atomic E-state index is 6.26. The van der Waals surface area contributed by atoms with Gasteiger partial charge in [0, 0.05) is 5.02 Å². The van der Waals surface area contributed by atoms with Crippen molar-refractivity contribution in [2.75, 3.05) is 0 Å². The first-order valence-corrected chi connectivity index (χ1v) is 6.98. The third kappa shape index (κ3) is 4.19. The van der Waals surface area contributed by atoms with Crippen molar-refractivity contribution in [3.8, 4) is 0 Å². The summed E-state index contributed by atoms with van der Waals surface area (Å²) >= 11 is 6.26. The van der Waals surface area contributed by atoms with Crippen LogP contribution in [-0.2, 0) is 12.8 Å². The summed E-state index contributed by atoms with van der Waals surface area (Å²) < 4.78 is 0. The molecule has 0 aliphatic rings. The Morgan fingerprint density at radius 2 is 1.56 bits per heavy atom. The van der Waals surface area contributed by atoms with Crippen molar-refractivity contribution in [1.29, 1.82) is 0 Å². The molecule has 0 unspecified atom stereocenters. The summed E-state index contributed by atoms with van der Waals surface area (Å²) in [5, 5.41) is 0.878. The highest BCUT2D eigenvalue weighted by atomic mass is 35.5. The third-order valence-corrected chi connectivity index (χ3v) is 3.11. The summed E-state index contributed by atoms with van der Waals surface area (Å²) in [6.45, 7) is 6.14. The highest BCUT2D eigenvalue weighted by Gasteiger charge is 2.02. The number of aryl methyl sites for hydroxylation is 1. The van der Waals surface area contributed by atoms with E-state index in [2.05, 4.69) is 49.4 Å². The molecule has 0 spiro atoms. The van der Waals surface area contributed by atoms with Crippen LogP contribution in [0.1, 0.15) is 37.5 Å². The zero-order chi connectivity index (χ0) is 13.4. The Kier molecular flexibility index (Phi) is 6.53. The van der Waals surface area contributed by atoms with Gasteiger partial charge in [0.05, 0.1) is 0 Å². The van der Waals surface area contributed by atoms with Gasteiger partial charge in [0.1, 0.15) is 0 Å². The minimum Gasteiger partial charge on any atom is -0.0840 e. The molecule has 0 atom stereocenters. The first-order valence-electron chi connectivity index (χ1n) is 6.61. The minimum absolute atomic E-state index is 0.878. The molecule has 18 heavy (non-hydrogen) atoms. The van der Waals surface area contributed by atoms with Gasteiger partial charge in [0.25, 0.3) is 0 Å². The van der Waals surface area contributed by atoms with Crippen LogP contribution in [-0.4, -0.2) is 0 Å². The largest absolute Gasteiger partial charge is 0.0840 e. The molecule has 2 aromatic rings. The van der Waals surface area contributed by atoms with E-state index in [0.717, 1.165) is 17.9 Å². The van der Waals surface area contributed by atoms with Gasteiger partial charge in [0.15, 0.2) is 0 Å². The molecule has 1 heteroatoms. The van der Waals surface area contributed by atoms with Gasteiger partial charge < -0.3 is 0 Å². The fourth-order valence-electron chi connectivity index (χ4n) is 1.77. The molecule has 0 aromatic heterocycles. The summed E-state index contributed by atoms with van der Waals surface area (Å²) in [5.41, 5.74) is 3.79. The van der Waals surface area contributed by atoms with E-state index in [4.69, 9.17) is 11.6 Å². The van der Waals surface area contributed by atoms with E-state index in [-0.39, 0.29) is 0 Å². The molecule has 0 N–H and O–H groups in total. The van der Waals surface area contributed by atoms with Gasteiger partial charge >= 0.3 is 0 Å². The number of hydrogen-bond donors (Lipinski definition) is 0. The van der Waals surface area contributed by atoms with E-state index in [1.807, 2.05) is 19.9 Å². The van der Waals surface area contributed by atoms with Crippen molar-refractivity contribution in [3.05, 3.63) is 70.2 Å².